The first-order chi connectivity index (χ1) is 6.30. The Morgan fingerprint density at radius 3 is 2.77 bits per heavy atom. The molecule has 0 saturated carbocycles. The van der Waals surface area contributed by atoms with E-state index in [9.17, 15) is 0 Å². The molecule has 0 aliphatic carbocycles. The lowest BCUT2D eigenvalue weighted by Crippen LogP contribution is -1.86. The summed E-state index contributed by atoms with van der Waals surface area (Å²) in [7, 11) is 0. The summed E-state index contributed by atoms with van der Waals surface area (Å²) >= 11 is 0. The number of hydrogen-bond donors (Lipinski definition) is 0. The summed E-state index contributed by atoms with van der Waals surface area (Å²) in [6, 6.07) is 4.88. The van der Waals surface area contributed by atoms with Crippen LogP contribution in [0.5, 0.6) is 0 Å². The molecular weight excluding hydrogens is 164 g/mol. The second-order valence-electron chi connectivity index (χ2n) is 2.26. The zero-order chi connectivity index (χ0) is 9.68. The van der Waals surface area contributed by atoms with Gasteiger partial charge in [0.2, 0.25) is 12.2 Å². The van der Waals surface area contributed by atoms with Crippen molar-refractivity contribution in [3.8, 4) is 6.07 Å². The third-order valence-electron chi connectivity index (χ3n) is 1.36. The van der Waals surface area contributed by atoms with E-state index in [0.717, 1.165) is 0 Å². The topological polar surface area (TPSA) is 45.4 Å². The quantitative estimate of drug-likeness (QED) is 0.601. The van der Waals surface area contributed by atoms with Crippen LogP contribution in [-0.2, 0) is 6.54 Å². The maximum absolute atomic E-state index is 8.56. The standard InChI is InChI=1S/C9H4N4/c1-11-6-7-3-8(5-10)13-9(4-7)12-2/h3-4H,6H2. The number of nitrogens with zero attached hydrogens (tertiary/aromatic N) is 4. The normalized spacial score (nSPS) is 8.08. The molecular formula is C9H4N4. The zero-order valence-electron chi connectivity index (χ0n) is 6.65. The van der Waals surface area contributed by atoms with Crippen LogP contribution in [0.25, 0.3) is 9.69 Å². The van der Waals surface area contributed by atoms with Crippen molar-refractivity contribution in [2.45, 2.75) is 6.54 Å². The molecule has 0 amide bonds. The third kappa shape index (κ3) is 2.02. The largest absolute Gasteiger partial charge is 0.361 e. The highest BCUT2D eigenvalue weighted by Crippen LogP contribution is 2.13. The molecule has 4 nitrogen and oxygen atoms in total. The predicted octanol–water partition coefficient (Wildman–Crippen LogP) is 1.92. The van der Waals surface area contributed by atoms with Gasteiger partial charge in [0.15, 0.2) is 0 Å². The van der Waals surface area contributed by atoms with Gasteiger partial charge in [0.1, 0.15) is 6.07 Å². The second-order valence-corrected chi connectivity index (χ2v) is 2.26. The summed E-state index contributed by atoms with van der Waals surface area (Å²) in [4.78, 5) is 10.0. The molecule has 0 fully saturated rings. The van der Waals surface area contributed by atoms with E-state index in [1.807, 2.05) is 6.07 Å². The zero-order valence-corrected chi connectivity index (χ0v) is 6.65. The fourth-order valence-corrected chi connectivity index (χ4v) is 0.868. The van der Waals surface area contributed by atoms with E-state index in [4.69, 9.17) is 18.4 Å². The smallest absolute Gasteiger partial charge is 0.271 e. The van der Waals surface area contributed by atoms with Gasteiger partial charge in [-0.2, -0.15) is 5.26 Å². The Morgan fingerprint density at radius 2 is 2.23 bits per heavy atom. The highest BCUT2D eigenvalue weighted by atomic mass is 14.9. The van der Waals surface area contributed by atoms with Crippen molar-refractivity contribution in [1.29, 1.82) is 5.26 Å². The molecule has 0 radical (unpaired) electrons. The molecule has 1 aromatic rings. The average molecular weight is 168 g/mol. The van der Waals surface area contributed by atoms with Crippen molar-refractivity contribution in [2.24, 2.45) is 0 Å². The molecule has 0 N–H and O–H groups in total. The Balaban J connectivity index is 3.20. The van der Waals surface area contributed by atoms with Gasteiger partial charge >= 0.3 is 0 Å². The molecule has 0 saturated heterocycles. The fraction of sp³-hybridized carbons (Fsp3) is 0.111. The van der Waals surface area contributed by atoms with Crippen molar-refractivity contribution in [3.63, 3.8) is 0 Å². The van der Waals surface area contributed by atoms with Crippen LogP contribution in [0.1, 0.15) is 11.3 Å². The summed E-state index contributed by atoms with van der Waals surface area (Å²) in [6.07, 6.45) is 0. The monoisotopic (exact) mass is 168 g/mol. The first-order valence-electron chi connectivity index (χ1n) is 3.42. The van der Waals surface area contributed by atoms with Gasteiger partial charge in [0.25, 0.3) is 5.82 Å². The van der Waals surface area contributed by atoms with Crippen molar-refractivity contribution in [1.82, 2.24) is 4.98 Å². The Morgan fingerprint density at radius 1 is 1.46 bits per heavy atom. The van der Waals surface area contributed by atoms with Crippen molar-refractivity contribution in [2.75, 3.05) is 0 Å². The summed E-state index contributed by atoms with van der Waals surface area (Å²) in [5, 5.41) is 8.56. The molecule has 0 aliphatic heterocycles. The number of hydrogen-bond acceptors (Lipinski definition) is 2. The van der Waals surface area contributed by atoms with Gasteiger partial charge in [0.05, 0.1) is 0 Å². The Kier molecular flexibility index (Phi) is 2.58. The molecule has 4 heteroatoms. The minimum Gasteiger partial charge on any atom is -0.361 e. The molecule has 0 aromatic carbocycles. The first kappa shape index (κ1) is 8.71. The summed E-state index contributed by atoms with van der Waals surface area (Å²) in [5.74, 6) is 0.165. The number of rotatable bonds is 1. The van der Waals surface area contributed by atoms with Crippen LogP contribution >= 0.6 is 0 Å². The molecule has 0 unspecified atom stereocenters. The van der Waals surface area contributed by atoms with E-state index in [1.54, 1.807) is 0 Å². The highest BCUT2D eigenvalue weighted by molar-refractivity contribution is 5.43. The highest BCUT2D eigenvalue weighted by Gasteiger charge is 2.05. The van der Waals surface area contributed by atoms with E-state index in [1.165, 1.54) is 12.1 Å². The van der Waals surface area contributed by atoms with E-state index < -0.39 is 0 Å². The van der Waals surface area contributed by atoms with Gasteiger partial charge in [-0.25, -0.2) is 6.57 Å². The minimum absolute atomic E-state index is 0.165. The molecule has 0 spiro atoms. The third-order valence-corrected chi connectivity index (χ3v) is 1.36. The molecule has 60 valence electrons. The Bertz CT molecular complexity index is 410. The van der Waals surface area contributed by atoms with Gasteiger partial charge in [-0.1, -0.05) is 6.57 Å². The first-order valence-corrected chi connectivity index (χ1v) is 3.42. The lowest BCUT2D eigenvalue weighted by atomic mass is 10.2. The maximum Gasteiger partial charge on any atom is 0.271 e. The SMILES string of the molecule is [C-]#[N+]Cc1cc(C#N)nc([N+]#[C-])c1. The van der Waals surface area contributed by atoms with Crippen molar-refractivity contribution < 1.29 is 0 Å². The molecule has 1 aromatic heterocycles. The van der Waals surface area contributed by atoms with Crippen molar-refractivity contribution >= 4 is 5.82 Å². The van der Waals surface area contributed by atoms with E-state index >= 15 is 0 Å². The second kappa shape index (κ2) is 3.85. The molecule has 0 aliphatic rings. The summed E-state index contributed by atoms with van der Waals surface area (Å²) < 4.78 is 0. The van der Waals surface area contributed by atoms with Crippen molar-refractivity contribution in [3.05, 3.63) is 46.2 Å². The molecule has 0 atom stereocenters. The lowest BCUT2D eigenvalue weighted by molar-refractivity contribution is 1.19. The van der Waals surface area contributed by atoms with Crippen LogP contribution in [0.3, 0.4) is 0 Å². The van der Waals surface area contributed by atoms with Gasteiger partial charge in [-0.05, 0) is 6.07 Å². The fourth-order valence-electron chi connectivity index (χ4n) is 0.868. The van der Waals surface area contributed by atoms with Crippen LogP contribution in [-0.4, -0.2) is 4.98 Å². The summed E-state index contributed by atoms with van der Waals surface area (Å²) in [5.41, 5.74) is 0.847. The predicted molar refractivity (Wildman–Crippen MR) is 45.5 cm³/mol. The number of pyridine rings is 1. The van der Waals surface area contributed by atoms with E-state index in [-0.39, 0.29) is 18.1 Å². The average Bonchev–Trinajstić information content (AvgIpc) is 2.17. The van der Waals surface area contributed by atoms with Gasteiger partial charge in [-0.15, -0.1) is 4.98 Å². The molecule has 13 heavy (non-hydrogen) atoms. The number of aromatic nitrogens is 1. The Hall–Kier alpha value is -2.38. The summed E-state index contributed by atoms with van der Waals surface area (Å²) in [6.45, 7) is 13.5. The van der Waals surface area contributed by atoms with Crippen LogP contribution < -0.4 is 0 Å². The molecule has 1 heterocycles. The lowest BCUT2D eigenvalue weighted by Gasteiger charge is -1.91. The van der Waals surface area contributed by atoms with E-state index in [2.05, 4.69) is 14.7 Å². The van der Waals surface area contributed by atoms with Crippen LogP contribution in [0, 0.1) is 24.5 Å². The van der Waals surface area contributed by atoms with Gasteiger partial charge in [0, 0.05) is 11.6 Å². The van der Waals surface area contributed by atoms with E-state index in [0.29, 0.717) is 5.56 Å². The van der Waals surface area contributed by atoms with Crippen LogP contribution in [0.2, 0.25) is 0 Å². The molecule has 0 bridgehead atoms. The van der Waals surface area contributed by atoms with Gasteiger partial charge < -0.3 is 9.69 Å². The maximum atomic E-state index is 8.56. The molecule has 1 rings (SSSR count). The minimum atomic E-state index is 0.165. The van der Waals surface area contributed by atoms with Crippen LogP contribution in [0.4, 0.5) is 5.82 Å². The van der Waals surface area contributed by atoms with Gasteiger partial charge in [-0.3, -0.25) is 0 Å². The Labute approximate surface area is 75.7 Å². The van der Waals surface area contributed by atoms with Crippen LogP contribution in [0.15, 0.2) is 12.1 Å². The number of nitriles is 1.